The van der Waals surface area contributed by atoms with E-state index < -0.39 is 0 Å². The van der Waals surface area contributed by atoms with Crippen LogP contribution in [0.2, 0.25) is 0 Å². The van der Waals surface area contributed by atoms with E-state index >= 15 is 0 Å². The molecule has 0 fully saturated rings. The van der Waals surface area contributed by atoms with Crippen molar-refractivity contribution in [1.82, 2.24) is 0 Å². The molecule has 66 valence electrons. The molecule has 1 aromatic carbocycles. The van der Waals surface area contributed by atoms with Gasteiger partial charge in [0.25, 0.3) is 0 Å². The molecule has 0 heterocycles. The second-order valence-electron chi connectivity index (χ2n) is 3.57. The van der Waals surface area contributed by atoms with Gasteiger partial charge in [0.15, 0.2) is 0 Å². The minimum atomic E-state index is 0.921. The first-order valence-electron chi connectivity index (χ1n) is 4.44. The van der Waals surface area contributed by atoms with E-state index in [-0.39, 0.29) is 0 Å². The van der Waals surface area contributed by atoms with Gasteiger partial charge in [0.1, 0.15) is 0 Å². The lowest BCUT2D eigenvalue weighted by molar-refractivity contribution is 1.28. The number of fused-ring (bicyclic) bond motifs is 1. The van der Waals surface area contributed by atoms with Crippen LogP contribution in [0.5, 0.6) is 0 Å². The number of benzene rings is 1. The zero-order chi connectivity index (χ0) is 9.59. The first kappa shape index (κ1) is 8.15. The van der Waals surface area contributed by atoms with Gasteiger partial charge in [-0.2, -0.15) is 0 Å². The molecule has 1 aromatic rings. The Morgan fingerprint density at radius 1 is 0.923 bits per heavy atom. The molecule has 0 amide bonds. The Hall–Kier alpha value is -1.46. The molecule has 1 aliphatic rings. The Balaban J connectivity index is 2.87. The largest absolute Gasteiger partial charge is 0.398 e. The third-order valence-electron chi connectivity index (χ3n) is 2.92. The zero-order valence-electron chi connectivity index (χ0n) is 8.23. The fourth-order valence-electron chi connectivity index (χ4n) is 1.81. The highest BCUT2D eigenvalue weighted by Crippen LogP contribution is 2.32. The van der Waals surface area contributed by atoms with E-state index in [9.17, 15) is 0 Å². The van der Waals surface area contributed by atoms with Crippen molar-refractivity contribution in [3.8, 4) is 0 Å². The summed E-state index contributed by atoms with van der Waals surface area (Å²) in [6.45, 7) is 6.25. The maximum absolute atomic E-state index is 5.99. The summed E-state index contributed by atoms with van der Waals surface area (Å²) in [6, 6.07) is 0. The topological polar surface area (TPSA) is 26.0 Å². The number of hydrogen-bond donors (Lipinski definition) is 1. The number of anilines is 1. The summed E-state index contributed by atoms with van der Waals surface area (Å²) in [7, 11) is 0. The monoisotopic (exact) mass is 171 g/mol. The van der Waals surface area contributed by atoms with Crippen LogP contribution in [0.1, 0.15) is 27.8 Å². The maximum atomic E-state index is 5.99. The van der Waals surface area contributed by atoms with Gasteiger partial charge >= 0.3 is 0 Å². The van der Waals surface area contributed by atoms with Gasteiger partial charge in [-0.25, -0.2) is 0 Å². The van der Waals surface area contributed by atoms with E-state index in [1.807, 2.05) is 12.2 Å². The molecule has 2 rings (SSSR count). The highest BCUT2D eigenvalue weighted by Gasteiger charge is 2.13. The van der Waals surface area contributed by atoms with Crippen LogP contribution < -0.4 is 5.73 Å². The van der Waals surface area contributed by atoms with Gasteiger partial charge in [0, 0.05) is 5.69 Å². The van der Waals surface area contributed by atoms with E-state index in [0.29, 0.717) is 0 Å². The second kappa shape index (κ2) is 2.51. The van der Waals surface area contributed by atoms with E-state index in [0.717, 1.165) is 5.69 Å². The van der Waals surface area contributed by atoms with Crippen molar-refractivity contribution in [2.24, 2.45) is 0 Å². The fraction of sp³-hybridized carbons (Fsp3) is 0.250. The predicted molar refractivity (Wildman–Crippen MR) is 57.5 cm³/mol. The molecule has 0 aromatic heterocycles. The normalized spacial score (nSPS) is 12.2. The van der Waals surface area contributed by atoms with Gasteiger partial charge in [-0.05, 0) is 60.7 Å². The molecule has 0 saturated heterocycles. The molecule has 13 heavy (non-hydrogen) atoms. The molecular formula is C12H13N. The van der Waals surface area contributed by atoms with Crippen molar-refractivity contribution in [2.75, 3.05) is 5.73 Å². The minimum Gasteiger partial charge on any atom is -0.398 e. The summed E-state index contributed by atoms with van der Waals surface area (Å²) in [6.07, 6.45) is 4.04. The third kappa shape index (κ3) is 0.944. The van der Waals surface area contributed by atoms with Crippen LogP contribution in [0.15, 0.2) is 5.73 Å². The molecular weight excluding hydrogens is 158 g/mol. The van der Waals surface area contributed by atoms with Crippen molar-refractivity contribution in [1.29, 1.82) is 0 Å². The SMILES string of the molecule is Cc1c(C)c2c(c(C)c1N)C=C=C2. The van der Waals surface area contributed by atoms with Crippen molar-refractivity contribution in [3.63, 3.8) is 0 Å². The van der Waals surface area contributed by atoms with E-state index in [1.54, 1.807) is 0 Å². The van der Waals surface area contributed by atoms with Crippen LogP contribution in [-0.4, -0.2) is 0 Å². The Kier molecular flexibility index (Phi) is 1.58. The van der Waals surface area contributed by atoms with Crippen LogP contribution in [-0.2, 0) is 0 Å². The number of nitrogen functional groups attached to an aromatic ring is 1. The number of hydrogen-bond acceptors (Lipinski definition) is 1. The third-order valence-corrected chi connectivity index (χ3v) is 2.92. The van der Waals surface area contributed by atoms with Gasteiger partial charge in [0.2, 0.25) is 0 Å². The lowest BCUT2D eigenvalue weighted by Crippen LogP contribution is -2.00. The Morgan fingerprint density at radius 2 is 1.46 bits per heavy atom. The summed E-state index contributed by atoms with van der Waals surface area (Å²) < 4.78 is 0. The Bertz CT molecular complexity index is 408. The molecule has 0 unspecified atom stereocenters. The van der Waals surface area contributed by atoms with Crippen molar-refractivity contribution >= 4 is 17.8 Å². The number of nitrogens with two attached hydrogens (primary N) is 1. The van der Waals surface area contributed by atoms with Crippen LogP contribution >= 0.6 is 0 Å². The van der Waals surface area contributed by atoms with Crippen molar-refractivity contribution in [3.05, 3.63) is 33.5 Å². The maximum Gasteiger partial charge on any atom is 0.0382 e. The van der Waals surface area contributed by atoms with Gasteiger partial charge < -0.3 is 5.73 Å². The first-order valence-corrected chi connectivity index (χ1v) is 4.44. The molecule has 0 saturated carbocycles. The summed E-state index contributed by atoms with van der Waals surface area (Å²) in [5.41, 5.74) is 16.2. The smallest absolute Gasteiger partial charge is 0.0382 e. The van der Waals surface area contributed by atoms with Gasteiger partial charge in [-0.3, -0.25) is 0 Å². The van der Waals surface area contributed by atoms with Gasteiger partial charge in [-0.15, -0.1) is 5.73 Å². The molecule has 0 bridgehead atoms. The standard InChI is InChI=1S/C12H13N/c1-7-8(2)12(13)9(3)11-6-4-5-10(7)11/h5-6H,13H2,1-3H3. The number of rotatable bonds is 0. The molecule has 0 spiro atoms. The average molecular weight is 171 g/mol. The summed E-state index contributed by atoms with van der Waals surface area (Å²) in [5, 5.41) is 0. The van der Waals surface area contributed by atoms with E-state index in [1.165, 1.54) is 27.8 Å². The fourth-order valence-corrected chi connectivity index (χ4v) is 1.81. The molecule has 1 nitrogen and oxygen atoms in total. The van der Waals surface area contributed by atoms with Gasteiger partial charge in [0.05, 0.1) is 0 Å². The Labute approximate surface area is 78.6 Å². The Morgan fingerprint density at radius 3 is 2.08 bits per heavy atom. The molecule has 0 aliphatic heterocycles. The van der Waals surface area contributed by atoms with Crippen LogP contribution in [0.4, 0.5) is 5.69 Å². The molecule has 1 aliphatic carbocycles. The highest BCUT2D eigenvalue weighted by molar-refractivity contribution is 5.82. The molecule has 1 heteroatoms. The zero-order valence-corrected chi connectivity index (χ0v) is 8.23. The average Bonchev–Trinajstić information content (AvgIpc) is 2.59. The predicted octanol–water partition coefficient (Wildman–Crippen LogP) is 2.83. The lowest BCUT2D eigenvalue weighted by Gasteiger charge is -2.13. The summed E-state index contributed by atoms with van der Waals surface area (Å²) >= 11 is 0. The highest BCUT2D eigenvalue weighted by atomic mass is 14.6. The minimum absolute atomic E-state index is 0.921. The van der Waals surface area contributed by atoms with E-state index in [4.69, 9.17) is 5.73 Å². The summed E-state index contributed by atoms with van der Waals surface area (Å²) in [5.74, 6) is 0. The molecule has 2 N–H and O–H groups in total. The first-order chi connectivity index (χ1) is 6.13. The van der Waals surface area contributed by atoms with E-state index in [2.05, 4.69) is 26.5 Å². The lowest BCUT2D eigenvalue weighted by atomic mass is 9.93. The summed E-state index contributed by atoms with van der Waals surface area (Å²) in [4.78, 5) is 0. The quantitative estimate of drug-likeness (QED) is 0.478. The van der Waals surface area contributed by atoms with Crippen LogP contribution in [0.25, 0.3) is 12.2 Å². The van der Waals surface area contributed by atoms with Crippen LogP contribution in [0.3, 0.4) is 0 Å². The van der Waals surface area contributed by atoms with Crippen LogP contribution in [0, 0.1) is 20.8 Å². The van der Waals surface area contributed by atoms with Gasteiger partial charge in [-0.1, -0.05) is 0 Å². The van der Waals surface area contributed by atoms with Crippen molar-refractivity contribution in [2.45, 2.75) is 20.8 Å². The van der Waals surface area contributed by atoms with Crippen molar-refractivity contribution < 1.29 is 0 Å². The molecule has 0 radical (unpaired) electrons. The second-order valence-corrected chi connectivity index (χ2v) is 3.57. The molecule has 0 atom stereocenters.